The normalized spacial score (nSPS) is 15.1. The van der Waals surface area contributed by atoms with Crippen LogP contribution in [0.2, 0.25) is 10.0 Å². The van der Waals surface area contributed by atoms with Crippen molar-refractivity contribution in [2.75, 3.05) is 26.8 Å². The van der Waals surface area contributed by atoms with Crippen LogP contribution in [0.1, 0.15) is 10.4 Å². The van der Waals surface area contributed by atoms with Gasteiger partial charge >= 0.3 is 5.97 Å². The van der Waals surface area contributed by atoms with Gasteiger partial charge in [-0.25, -0.2) is 4.79 Å². The van der Waals surface area contributed by atoms with Gasteiger partial charge in [-0.1, -0.05) is 35.3 Å². The molecule has 0 spiro atoms. The average Bonchev–Trinajstić information content (AvgIpc) is 2.65. The molecular weight excluding hydrogens is 393 g/mol. The predicted octanol–water partition coefficient (Wildman–Crippen LogP) is 3.45. The van der Waals surface area contributed by atoms with Crippen LogP contribution < -0.4 is 9.47 Å². The van der Waals surface area contributed by atoms with Gasteiger partial charge < -0.3 is 19.1 Å². The molecule has 27 heavy (non-hydrogen) atoms. The molecular formula is C19H17Cl2NO5. The highest BCUT2D eigenvalue weighted by molar-refractivity contribution is 6.36. The second-order valence-electron chi connectivity index (χ2n) is 5.97. The summed E-state index contributed by atoms with van der Waals surface area (Å²) in [7, 11) is 1.61. The summed E-state index contributed by atoms with van der Waals surface area (Å²) in [4.78, 5) is 25.7. The summed E-state index contributed by atoms with van der Waals surface area (Å²) in [5, 5.41) is 0.573. The monoisotopic (exact) mass is 409 g/mol. The van der Waals surface area contributed by atoms with Crippen LogP contribution >= 0.6 is 23.2 Å². The summed E-state index contributed by atoms with van der Waals surface area (Å²) < 4.78 is 16.5. The maximum Gasteiger partial charge on any atom is 0.340 e. The van der Waals surface area contributed by atoms with Gasteiger partial charge in [0, 0.05) is 12.1 Å². The fourth-order valence-corrected chi connectivity index (χ4v) is 3.02. The van der Waals surface area contributed by atoms with Crippen LogP contribution in [0.3, 0.4) is 0 Å². The van der Waals surface area contributed by atoms with Gasteiger partial charge in [0.15, 0.2) is 24.2 Å². The number of halogens is 2. The van der Waals surface area contributed by atoms with Gasteiger partial charge in [0.25, 0.3) is 5.91 Å². The Balaban J connectivity index is 1.50. The third-order valence-corrected chi connectivity index (χ3v) is 4.50. The number of rotatable bonds is 5. The van der Waals surface area contributed by atoms with Crippen molar-refractivity contribution < 1.29 is 23.8 Å². The molecule has 0 aromatic heterocycles. The van der Waals surface area contributed by atoms with E-state index in [2.05, 4.69) is 0 Å². The van der Waals surface area contributed by atoms with E-state index < -0.39 is 12.6 Å². The van der Waals surface area contributed by atoms with Crippen LogP contribution in [-0.2, 0) is 9.53 Å². The highest BCUT2D eigenvalue weighted by Crippen LogP contribution is 2.31. The number of likely N-dealkylation sites (N-methyl/N-ethyl adjacent to an activating group) is 1. The van der Waals surface area contributed by atoms with Crippen LogP contribution in [0.25, 0.3) is 0 Å². The first kappa shape index (κ1) is 19.3. The van der Waals surface area contributed by atoms with E-state index >= 15 is 0 Å². The van der Waals surface area contributed by atoms with Crippen molar-refractivity contribution in [2.45, 2.75) is 6.10 Å². The highest BCUT2D eigenvalue weighted by Gasteiger charge is 2.24. The zero-order valence-corrected chi connectivity index (χ0v) is 16.0. The summed E-state index contributed by atoms with van der Waals surface area (Å²) in [5.74, 6) is 0.260. The standard InChI is InChI=1S/C19H17Cl2NO5/c1-22(9-13-10-25-16-4-2-3-5-17(16)27-13)18(23)11-26-19(24)14-7-6-12(20)8-15(14)21/h2-8,13H,9-11H2,1H3. The molecule has 0 radical (unpaired) electrons. The lowest BCUT2D eigenvalue weighted by Gasteiger charge is -2.29. The van der Waals surface area contributed by atoms with E-state index in [1.54, 1.807) is 13.1 Å². The molecule has 0 N–H and O–H groups in total. The number of benzene rings is 2. The second kappa shape index (κ2) is 8.50. The summed E-state index contributed by atoms with van der Waals surface area (Å²) in [6, 6.07) is 11.7. The summed E-state index contributed by atoms with van der Waals surface area (Å²) in [6.45, 7) is 0.222. The summed E-state index contributed by atoms with van der Waals surface area (Å²) >= 11 is 11.8. The molecule has 1 aliphatic heterocycles. The highest BCUT2D eigenvalue weighted by atomic mass is 35.5. The molecule has 6 nitrogen and oxygen atoms in total. The number of fused-ring (bicyclic) bond motifs is 1. The van der Waals surface area contributed by atoms with Crippen LogP contribution in [0.5, 0.6) is 11.5 Å². The molecule has 2 aromatic carbocycles. The molecule has 1 unspecified atom stereocenters. The fraction of sp³-hybridized carbons (Fsp3) is 0.263. The first-order valence-corrected chi connectivity index (χ1v) is 8.94. The molecule has 1 heterocycles. The number of carbonyl (C=O) groups is 2. The number of ether oxygens (including phenoxy) is 3. The smallest absolute Gasteiger partial charge is 0.340 e. The molecule has 0 bridgehead atoms. The van der Waals surface area contributed by atoms with Gasteiger partial charge in [0.05, 0.1) is 17.1 Å². The van der Waals surface area contributed by atoms with E-state index in [1.807, 2.05) is 18.2 Å². The van der Waals surface area contributed by atoms with E-state index in [0.29, 0.717) is 29.7 Å². The van der Waals surface area contributed by atoms with Crippen molar-refractivity contribution in [3.63, 3.8) is 0 Å². The first-order valence-electron chi connectivity index (χ1n) is 8.18. The van der Waals surface area contributed by atoms with Crippen LogP contribution in [0.15, 0.2) is 42.5 Å². The van der Waals surface area contributed by atoms with E-state index in [-0.39, 0.29) is 22.6 Å². The molecule has 8 heteroatoms. The van der Waals surface area contributed by atoms with Crippen LogP contribution in [-0.4, -0.2) is 49.7 Å². The molecule has 2 aromatic rings. The molecule has 1 aliphatic rings. The van der Waals surface area contributed by atoms with E-state index in [0.717, 1.165) is 0 Å². The van der Waals surface area contributed by atoms with E-state index in [4.69, 9.17) is 37.4 Å². The quantitative estimate of drug-likeness (QED) is 0.707. The minimum atomic E-state index is -0.690. The van der Waals surface area contributed by atoms with Gasteiger partial charge in [0.1, 0.15) is 6.61 Å². The molecule has 1 amide bonds. The predicted molar refractivity (Wildman–Crippen MR) is 101 cm³/mol. The van der Waals surface area contributed by atoms with Gasteiger partial charge in [-0.05, 0) is 30.3 Å². The lowest BCUT2D eigenvalue weighted by atomic mass is 10.2. The molecule has 0 saturated carbocycles. The second-order valence-corrected chi connectivity index (χ2v) is 6.82. The van der Waals surface area contributed by atoms with Crippen molar-refractivity contribution in [1.29, 1.82) is 0 Å². The Labute approximate surface area is 166 Å². The molecule has 1 atom stereocenters. The number of hydrogen-bond acceptors (Lipinski definition) is 5. The minimum absolute atomic E-state index is 0.150. The Morgan fingerprint density at radius 3 is 2.67 bits per heavy atom. The lowest BCUT2D eigenvalue weighted by molar-refractivity contribution is -0.134. The van der Waals surface area contributed by atoms with Crippen molar-refractivity contribution in [3.05, 3.63) is 58.1 Å². The SMILES string of the molecule is CN(CC1COc2ccccc2O1)C(=O)COC(=O)c1ccc(Cl)cc1Cl. The number of carbonyl (C=O) groups excluding carboxylic acids is 2. The maximum absolute atomic E-state index is 12.2. The zero-order chi connectivity index (χ0) is 19.4. The van der Waals surface area contributed by atoms with Crippen LogP contribution in [0, 0.1) is 0 Å². The maximum atomic E-state index is 12.2. The fourth-order valence-electron chi connectivity index (χ4n) is 2.53. The van der Waals surface area contributed by atoms with Crippen molar-refractivity contribution in [1.82, 2.24) is 4.90 Å². The third-order valence-electron chi connectivity index (χ3n) is 3.95. The van der Waals surface area contributed by atoms with E-state index in [9.17, 15) is 9.59 Å². The lowest BCUT2D eigenvalue weighted by Crippen LogP contribution is -2.43. The largest absolute Gasteiger partial charge is 0.486 e. The Morgan fingerprint density at radius 1 is 1.19 bits per heavy atom. The topological polar surface area (TPSA) is 65.1 Å². The van der Waals surface area contributed by atoms with Gasteiger partial charge in [-0.3, -0.25) is 4.79 Å². The van der Waals surface area contributed by atoms with Crippen LogP contribution in [0.4, 0.5) is 0 Å². The zero-order valence-electron chi connectivity index (χ0n) is 14.5. The Kier molecular flexibility index (Phi) is 6.08. The first-order chi connectivity index (χ1) is 12.9. The van der Waals surface area contributed by atoms with Gasteiger partial charge in [-0.15, -0.1) is 0 Å². The Bertz CT molecular complexity index is 858. The number of nitrogens with zero attached hydrogens (tertiary/aromatic N) is 1. The average molecular weight is 410 g/mol. The summed E-state index contributed by atoms with van der Waals surface area (Å²) in [5.41, 5.74) is 0.150. The molecule has 0 aliphatic carbocycles. The molecule has 142 valence electrons. The number of amides is 1. The number of esters is 1. The number of hydrogen-bond donors (Lipinski definition) is 0. The molecule has 0 saturated heterocycles. The van der Waals surface area contributed by atoms with E-state index in [1.165, 1.54) is 23.1 Å². The Hall–Kier alpha value is -2.44. The van der Waals surface area contributed by atoms with Crippen molar-refractivity contribution >= 4 is 35.1 Å². The minimum Gasteiger partial charge on any atom is -0.486 e. The molecule has 3 rings (SSSR count). The molecule has 0 fully saturated rings. The Morgan fingerprint density at radius 2 is 1.93 bits per heavy atom. The van der Waals surface area contributed by atoms with Gasteiger partial charge in [-0.2, -0.15) is 0 Å². The van der Waals surface area contributed by atoms with Crippen molar-refractivity contribution in [2.24, 2.45) is 0 Å². The van der Waals surface area contributed by atoms with Crippen molar-refractivity contribution in [3.8, 4) is 11.5 Å². The third kappa shape index (κ3) is 4.84. The summed E-state index contributed by atoms with van der Waals surface area (Å²) in [6.07, 6.45) is -0.310. The van der Waals surface area contributed by atoms with Gasteiger partial charge in [0.2, 0.25) is 0 Å². The number of para-hydroxylation sites is 2.